The minimum Gasteiger partial charge on any atom is -0.395 e. The number of carbonyl (C=O) groups is 1. The Hall–Kier alpha value is -1.35. The van der Waals surface area contributed by atoms with Crippen LogP contribution in [0, 0.1) is 17.8 Å². The molecular formula is C16H20N2O2S. The van der Waals surface area contributed by atoms with Crippen LogP contribution in [0.25, 0.3) is 0 Å². The smallest absolute Gasteiger partial charge is 0.261 e. The van der Waals surface area contributed by atoms with E-state index in [2.05, 4.69) is 22.1 Å². The summed E-state index contributed by atoms with van der Waals surface area (Å²) >= 11 is 1.42. The molecule has 0 spiro atoms. The number of nitrogens with one attached hydrogen (secondary N) is 1. The zero-order valence-electron chi connectivity index (χ0n) is 12.0. The van der Waals surface area contributed by atoms with Crippen LogP contribution in [0.4, 0.5) is 0 Å². The largest absolute Gasteiger partial charge is 0.395 e. The van der Waals surface area contributed by atoms with Gasteiger partial charge < -0.3 is 15.3 Å². The summed E-state index contributed by atoms with van der Waals surface area (Å²) in [6.45, 7) is 3.43. The third kappa shape index (κ3) is 3.46. The van der Waals surface area contributed by atoms with Crippen LogP contribution in [-0.4, -0.2) is 48.2 Å². The van der Waals surface area contributed by atoms with Crippen molar-refractivity contribution in [1.82, 2.24) is 10.2 Å². The first-order valence-electron chi connectivity index (χ1n) is 7.49. The Morgan fingerprint density at radius 3 is 2.90 bits per heavy atom. The molecule has 1 aromatic rings. The second-order valence-electron chi connectivity index (χ2n) is 5.66. The molecule has 0 aromatic carbocycles. The summed E-state index contributed by atoms with van der Waals surface area (Å²) in [5, 5.41) is 11.9. The van der Waals surface area contributed by atoms with Crippen LogP contribution in [0.5, 0.6) is 0 Å². The third-order valence-electron chi connectivity index (χ3n) is 4.25. The highest BCUT2D eigenvalue weighted by molar-refractivity contribution is 7.14. The summed E-state index contributed by atoms with van der Waals surface area (Å²) in [6.07, 6.45) is 2.87. The summed E-state index contributed by atoms with van der Waals surface area (Å²) in [5.74, 6) is 6.51. The van der Waals surface area contributed by atoms with E-state index in [1.165, 1.54) is 37.3 Å². The molecule has 1 aromatic heterocycles. The second kappa shape index (κ2) is 6.61. The van der Waals surface area contributed by atoms with E-state index >= 15 is 0 Å². The molecule has 4 rings (SSSR count). The van der Waals surface area contributed by atoms with Crippen molar-refractivity contribution in [3.05, 3.63) is 21.9 Å². The number of rotatable bonds is 3. The molecule has 21 heavy (non-hydrogen) atoms. The van der Waals surface area contributed by atoms with Crippen LogP contribution >= 0.6 is 11.3 Å². The lowest BCUT2D eigenvalue weighted by atomic mass is 9.84. The molecule has 3 aliphatic rings. The molecule has 2 bridgehead atoms. The average molecular weight is 304 g/mol. The number of amides is 1. The average Bonchev–Trinajstić information content (AvgIpc) is 2.98. The fourth-order valence-corrected chi connectivity index (χ4v) is 3.88. The van der Waals surface area contributed by atoms with Gasteiger partial charge in [0.2, 0.25) is 0 Å². The summed E-state index contributed by atoms with van der Waals surface area (Å²) in [6, 6.07) is 4.01. The molecule has 0 saturated carbocycles. The molecule has 1 unspecified atom stereocenters. The standard InChI is InChI=1S/C16H20N2O2S/c19-10-2-1-3-13-4-5-15(21-13)16(20)17-14-11-18-8-6-12(14)7-9-18/h4-5,12,14,19H,2,6-11H2,(H,17,20). The van der Waals surface area contributed by atoms with Gasteiger partial charge in [-0.25, -0.2) is 0 Å². The van der Waals surface area contributed by atoms with Crippen LogP contribution < -0.4 is 5.32 Å². The summed E-state index contributed by atoms with van der Waals surface area (Å²) in [4.78, 5) is 16.4. The molecule has 3 saturated heterocycles. The van der Waals surface area contributed by atoms with Gasteiger partial charge in [-0.1, -0.05) is 11.8 Å². The van der Waals surface area contributed by atoms with Crippen molar-refractivity contribution >= 4 is 17.2 Å². The van der Waals surface area contributed by atoms with Crippen LogP contribution in [0.3, 0.4) is 0 Å². The zero-order chi connectivity index (χ0) is 14.7. The first kappa shape index (κ1) is 14.6. The van der Waals surface area contributed by atoms with Crippen molar-refractivity contribution in [1.29, 1.82) is 0 Å². The van der Waals surface area contributed by atoms with E-state index in [1.54, 1.807) is 0 Å². The summed E-state index contributed by atoms with van der Waals surface area (Å²) < 4.78 is 0. The van der Waals surface area contributed by atoms with Crippen molar-refractivity contribution in [3.8, 4) is 11.8 Å². The molecular weight excluding hydrogens is 284 g/mol. The maximum absolute atomic E-state index is 12.3. The summed E-state index contributed by atoms with van der Waals surface area (Å²) in [5.41, 5.74) is 0. The Labute approximate surface area is 129 Å². The lowest BCUT2D eigenvalue weighted by Crippen LogP contribution is -2.57. The molecule has 3 fully saturated rings. The monoisotopic (exact) mass is 304 g/mol. The first-order chi connectivity index (χ1) is 10.3. The van der Waals surface area contributed by atoms with Gasteiger partial charge in [-0.15, -0.1) is 11.3 Å². The van der Waals surface area contributed by atoms with Gasteiger partial charge in [0.1, 0.15) is 0 Å². The van der Waals surface area contributed by atoms with E-state index in [9.17, 15) is 4.79 Å². The van der Waals surface area contributed by atoms with Gasteiger partial charge in [0.15, 0.2) is 0 Å². The van der Waals surface area contributed by atoms with E-state index in [0.717, 1.165) is 16.3 Å². The first-order valence-corrected chi connectivity index (χ1v) is 8.30. The van der Waals surface area contributed by atoms with Crippen molar-refractivity contribution in [3.63, 3.8) is 0 Å². The number of aliphatic hydroxyl groups is 1. The lowest BCUT2D eigenvalue weighted by Gasteiger charge is -2.44. The Kier molecular flexibility index (Phi) is 4.59. The highest BCUT2D eigenvalue weighted by atomic mass is 32.1. The van der Waals surface area contributed by atoms with Crippen LogP contribution in [0.2, 0.25) is 0 Å². The molecule has 1 amide bonds. The topological polar surface area (TPSA) is 52.6 Å². The molecule has 3 aliphatic heterocycles. The molecule has 4 heterocycles. The van der Waals surface area contributed by atoms with Gasteiger partial charge in [-0.2, -0.15) is 0 Å². The highest BCUT2D eigenvalue weighted by Crippen LogP contribution is 2.28. The lowest BCUT2D eigenvalue weighted by molar-refractivity contribution is 0.0622. The zero-order valence-corrected chi connectivity index (χ0v) is 12.8. The molecule has 0 aliphatic carbocycles. The Morgan fingerprint density at radius 1 is 1.43 bits per heavy atom. The van der Waals surface area contributed by atoms with Gasteiger partial charge in [-0.3, -0.25) is 4.79 Å². The van der Waals surface area contributed by atoms with Crippen molar-refractivity contribution < 1.29 is 9.90 Å². The number of nitrogens with zero attached hydrogens (tertiary/aromatic N) is 1. The number of carbonyl (C=O) groups excluding carboxylic acids is 1. The maximum Gasteiger partial charge on any atom is 0.261 e. The van der Waals surface area contributed by atoms with Crippen molar-refractivity contribution in [2.45, 2.75) is 25.3 Å². The predicted octanol–water partition coefficient (Wildman–Crippen LogP) is 1.31. The van der Waals surface area contributed by atoms with E-state index < -0.39 is 0 Å². The van der Waals surface area contributed by atoms with Gasteiger partial charge in [-0.05, 0) is 44.0 Å². The van der Waals surface area contributed by atoms with E-state index in [0.29, 0.717) is 18.4 Å². The number of hydrogen-bond acceptors (Lipinski definition) is 4. The minimum atomic E-state index is 0.0222. The SMILES string of the molecule is O=C(NC1CN2CCC1CC2)c1ccc(C#CCCO)s1. The van der Waals surface area contributed by atoms with Crippen LogP contribution in [-0.2, 0) is 0 Å². The van der Waals surface area contributed by atoms with E-state index in [-0.39, 0.29) is 12.5 Å². The fourth-order valence-electron chi connectivity index (χ4n) is 3.10. The molecule has 4 nitrogen and oxygen atoms in total. The van der Waals surface area contributed by atoms with E-state index in [1.807, 2.05) is 12.1 Å². The molecule has 1 atom stereocenters. The number of fused-ring (bicyclic) bond motifs is 3. The summed E-state index contributed by atoms with van der Waals surface area (Å²) in [7, 11) is 0. The normalized spacial score (nSPS) is 27.0. The minimum absolute atomic E-state index is 0.0222. The maximum atomic E-state index is 12.3. The quantitative estimate of drug-likeness (QED) is 0.828. The molecule has 0 radical (unpaired) electrons. The van der Waals surface area contributed by atoms with Crippen LogP contribution in [0.15, 0.2) is 12.1 Å². The Balaban J connectivity index is 1.60. The fraction of sp³-hybridized carbons (Fsp3) is 0.562. The van der Waals surface area contributed by atoms with E-state index in [4.69, 9.17) is 5.11 Å². The second-order valence-corrected chi connectivity index (χ2v) is 6.74. The van der Waals surface area contributed by atoms with Crippen molar-refractivity contribution in [2.24, 2.45) is 5.92 Å². The van der Waals surface area contributed by atoms with Gasteiger partial charge in [0.25, 0.3) is 5.91 Å². The number of aliphatic hydroxyl groups excluding tert-OH is 1. The third-order valence-corrected chi connectivity index (χ3v) is 5.25. The van der Waals surface area contributed by atoms with Gasteiger partial charge in [0, 0.05) is 19.0 Å². The Bertz CT molecular complexity index is 564. The highest BCUT2D eigenvalue weighted by Gasteiger charge is 2.35. The number of piperidine rings is 3. The number of hydrogen-bond donors (Lipinski definition) is 2. The van der Waals surface area contributed by atoms with Crippen LogP contribution in [0.1, 0.15) is 33.8 Å². The molecule has 5 heteroatoms. The Morgan fingerprint density at radius 2 is 2.24 bits per heavy atom. The van der Waals surface area contributed by atoms with Crippen molar-refractivity contribution in [2.75, 3.05) is 26.2 Å². The molecule has 2 N–H and O–H groups in total. The predicted molar refractivity (Wildman–Crippen MR) is 83.3 cm³/mol. The van der Waals surface area contributed by atoms with Gasteiger partial charge >= 0.3 is 0 Å². The number of thiophene rings is 1. The molecule has 112 valence electrons. The van der Waals surface area contributed by atoms with Gasteiger partial charge in [0.05, 0.1) is 16.4 Å².